The van der Waals surface area contributed by atoms with E-state index in [0.717, 1.165) is 109 Å². The predicted octanol–water partition coefficient (Wildman–Crippen LogP) is 22.0. The van der Waals surface area contributed by atoms with E-state index in [2.05, 4.69) is 142 Å². The predicted molar refractivity (Wildman–Crippen MR) is 334 cm³/mol. The van der Waals surface area contributed by atoms with Crippen molar-refractivity contribution in [2.75, 3.05) is 13.2 Å². The first-order chi connectivity index (χ1) is 38.0. The third kappa shape index (κ3) is 62.5. The highest BCUT2D eigenvalue weighted by Crippen LogP contribution is 2.15. The summed E-state index contributed by atoms with van der Waals surface area (Å²) in [7, 11) is 0. The number of rotatable bonds is 57. The number of hydrogen-bond acceptors (Lipinski definition) is 6. The van der Waals surface area contributed by atoms with Gasteiger partial charge in [0, 0.05) is 19.3 Å². The zero-order valence-electron chi connectivity index (χ0n) is 50.2. The van der Waals surface area contributed by atoms with Crippen LogP contribution in [0.1, 0.15) is 290 Å². The highest BCUT2D eigenvalue weighted by Gasteiger charge is 2.19. The van der Waals surface area contributed by atoms with Gasteiger partial charge in [-0.3, -0.25) is 14.4 Å². The Morgan fingerprint density at radius 2 is 0.519 bits per heavy atom. The maximum absolute atomic E-state index is 12.9. The molecule has 0 radical (unpaired) electrons. The van der Waals surface area contributed by atoms with Crippen molar-refractivity contribution in [3.63, 3.8) is 0 Å². The lowest BCUT2D eigenvalue weighted by Crippen LogP contribution is -2.30. The first kappa shape index (κ1) is 72.8. The van der Waals surface area contributed by atoms with E-state index in [1.54, 1.807) is 0 Å². The fourth-order valence-electron chi connectivity index (χ4n) is 8.63. The van der Waals surface area contributed by atoms with Crippen LogP contribution < -0.4 is 0 Å². The van der Waals surface area contributed by atoms with Crippen LogP contribution >= 0.6 is 0 Å². The summed E-state index contributed by atoms with van der Waals surface area (Å²) in [6, 6.07) is 0. The molecular formula is C71H118O6. The molecule has 0 bridgehead atoms. The average molecular weight is 1070 g/mol. The normalized spacial score (nSPS) is 12.9. The van der Waals surface area contributed by atoms with Crippen molar-refractivity contribution in [1.29, 1.82) is 0 Å². The Morgan fingerprint density at radius 1 is 0.273 bits per heavy atom. The largest absolute Gasteiger partial charge is 0.462 e. The van der Waals surface area contributed by atoms with E-state index >= 15 is 0 Å². The van der Waals surface area contributed by atoms with Gasteiger partial charge in [-0.15, -0.1) is 0 Å². The molecule has 0 aliphatic carbocycles. The topological polar surface area (TPSA) is 78.9 Å². The lowest BCUT2D eigenvalue weighted by Gasteiger charge is -2.18. The Hall–Kier alpha value is -4.19. The summed E-state index contributed by atoms with van der Waals surface area (Å²) in [5, 5.41) is 0. The lowest BCUT2D eigenvalue weighted by atomic mass is 10.0. The number of hydrogen-bond donors (Lipinski definition) is 0. The van der Waals surface area contributed by atoms with Crippen LogP contribution in [0.4, 0.5) is 0 Å². The molecule has 0 heterocycles. The van der Waals surface area contributed by atoms with Crippen LogP contribution in [0.15, 0.2) is 122 Å². The van der Waals surface area contributed by atoms with Crippen molar-refractivity contribution in [3.05, 3.63) is 122 Å². The number of unbranched alkanes of at least 4 members (excludes halogenated alkanes) is 26. The van der Waals surface area contributed by atoms with Crippen LogP contribution in [0.25, 0.3) is 0 Å². The molecule has 0 amide bonds. The number of ether oxygens (including phenoxy) is 3. The Labute approximate surface area is 475 Å². The van der Waals surface area contributed by atoms with Crippen LogP contribution in [0, 0.1) is 0 Å². The highest BCUT2D eigenvalue weighted by molar-refractivity contribution is 5.71. The van der Waals surface area contributed by atoms with Crippen molar-refractivity contribution in [3.8, 4) is 0 Å². The molecule has 1 atom stereocenters. The van der Waals surface area contributed by atoms with Crippen LogP contribution in [-0.2, 0) is 28.6 Å². The van der Waals surface area contributed by atoms with E-state index in [1.807, 2.05) is 0 Å². The number of carbonyl (C=O) groups is 3. The molecule has 77 heavy (non-hydrogen) atoms. The minimum absolute atomic E-state index is 0.103. The van der Waals surface area contributed by atoms with Crippen LogP contribution in [-0.4, -0.2) is 37.2 Å². The Kier molecular flexibility index (Phi) is 60.8. The van der Waals surface area contributed by atoms with Crippen molar-refractivity contribution in [2.45, 2.75) is 297 Å². The van der Waals surface area contributed by atoms with Gasteiger partial charge in [0.1, 0.15) is 13.2 Å². The quantitative estimate of drug-likeness (QED) is 0.0261. The van der Waals surface area contributed by atoms with Gasteiger partial charge in [0.05, 0.1) is 0 Å². The summed E-state index contributed by atoms with van der Waals surface area (Å²) >= 11 is 0. The monoisotopic (exact) mass is 1070 g/mol. The number of allylic oxidation sites excluding steroid dienone is 20. The third-order valence-corrected chi connectivity index (χ3v) is 13.4. The molecule has 1 unspecified atom stereocenters. The van der Waals surface area contributed by atoms with Gasteiger partial charge in [-0.25, -0.2) is 0 Å². The van der Waals surface area contributed by atoms with Crippen molar-refractivity contribution in [1.82, 2.24) is 0 Å². The van der Waals surface area contributed by atoms with Gasteiger partial charge in [-0.1, -0.05) is 264 Å². The fourth-order valence-corrected chi connectivity index (χ4v) is 8.63. The summed E-state index contributed by atoms with van der Waals surface area (Å²) in [6.45, 7) is 6.46. The zero-order chi connectivity index (χ0) is 55.7. The molecule has 0 aromatic heterocycles. The van der Waals surface area contributed by atoms with Gasteiger partial charge in [-0.05, 0) is 128 Å². The van der Waals surface area contributed by atoms with E-state index in [-0.39, 0.29) is 37.5 Å². The van der Waals surface area contributed by atoms with Gasteiger partial charge in [0.15, 0.2) is 6.10 Å². The molecule has 0 rings (SSSR count). The van der Waals surface area contributed by atoms with Gasteiger partial charge in [0.25, 0.3) is 0 Å². The van der Waals surface area contributed by atoms with Crippen molar-refractivity contribution in [2.24, 2.45) is 0 Å². The molecule has 0 saturated carbocycles. The number of carbonyl (C=O) groups excluding carboxylic acids is 3. The van der Waals surface area contributed by atoms with E-state index in [0.29, 0.717) is 19.3 Å². The smallest absolute Gasteiger partial charge is 0.306 e. The first-order valence-electron chi connectivity index (χ1n) is 32.0. The Bertz CT molecular complexity index is 1600. The second-order valence-corrected chi connectivity index (χ2v) is 20.9. The summed E-state index contributed by atoms with van der Waals surface area (Å²) in [5.74, 6) is -0.971. The van der Waals surface area contributed by atoms with Gasteiger partial charge in [-0.2, -0.15) is 0 Å². The van der Waals surface area contributed by atoms with Crippen LogP contribution in [0.5, 0.6) is 0 Å². The molecule has 6 heteroatoms. The van der Waals surface area contributed by atoms with Gasteiger partial charge in [0.2, 0.25) is 0 Å². The second kappa shape index (κ2) is 64.3. The molecule has 0 aromatic rings. The molecule has 438 valence electrons. The molecule has 6 nitrogen and oxygen atoms in total. The first-order valence-corrected chi connectivity index (χ1v) is 32.0. The van der Waals surface area contributed by atoms with Gasteiger partial charge >= 0.3 is 17.9 Å². The molecule has 0 aliphatic heterocycles. The summed E-state index contributed by atoms with van der Waals surface area (Å²) in [6.07, 6.45) is 89.2. The van der Waals surface area contributed by atoms with Crippen LogP contribution in [0.3, 0.4) is 0 Å². The summed E-state index contributed by atoms with van der Waals surface area (Å²) < 4.78 is 16.9. The minimum Gasteiger partial charge on any atom is -0.462 e. The highest BCUT2D eigenvalue weighted by atomic mass is 16.6. The molecule has 0 aliphatic rings. The molecule has 0 spiro atoms. The SMILES string of the molecule is CC/C=C\C/C=C\C/C=C\C/C=C\C/C=C\C/C=C\C/C=C\CCCC(=O)OCC(COC(=O)CCCCCCC/C=C\CCCCCC)OC(=O)CCCCCCCCCCCCC/C=C\C/C=C\CCCCCCC. The van der Waals surface area contributed by atoms with E-state index in [1.165, 1.54) is 135 Å². The maximum Gasteiger partial charge on any atom is 0.306 e. The standard InChI is InChI=1S/C71H118O6/c1-4-7-10-13-16-19-22-25-27-29-31-33-35-37-39-41-43-46-49-52-55-58-61-64-70(73)76-67-68(66-75-69(72)63-60-57-54-51-48-45-24-21-18-15-12-9-6-3)77-71(74)65-62-59-56-53-50-47-44-42-40-38-36-34-32-30-28-26-23-20-17-14-11-8-5-2/h7,10,16,19,21,23-27,30-33,37,39,43,46,52,55,68H,4-6,8-9,11-15,17-18,20,22,28-29,34-36,38,40-42,44-45,47-51,53-54,56-67H2,1-3H3/b10-7-,19-16-,24-21-,26-23-,27-25-,32-30-,33-31-,39-37-,46-43-,55-52-. The van der Waals surface area contributed by atoms with Crippen molar-refractivity contribution < 1.29 is 28.6 Å². The molecule has 0 fully saturated rings. The van der Waals surface area contributed by atoms with E-state index in [9.17, 15) is 14.4 Å². The lowest BCUT2D eigenvalue weighted by molar-refractivity contribution is -0.167. The zero-order valence-corrected chi connectivity index (χ0v) is 50.2. The average Bonchev–Trinajstić information content (AvgIpc) is 3.43. The fraction of sp³-hybridized carbons (Fsp3) is 0.676. The van der Waals surface area contributed by atoms with Gasteiger partial charge < -0.3 is 14.2 Å². The van der Waals surface area contributed by atoms with E-state index < -0.39 is 6.10 Å². The minimum atomic E-state index is -0.810. The maximum atomic E-state index is 12.9. The molecule has 0 aromatic carbocycles. The summed E-state index contributed by atoms with van der Waals surface area (Å²) in [4.78, 5) is 38.3. The second-order valence-electron chi connectivity index (χ2n) is 20.9. The Morgan fingerprint density at radius 3 is 0.870 bits per heavy atom. The van der Waals surface area contributed by atoms with Crippen molar-refractivity contribution >= 4 is 17.9 Å². The molecule has 0 saturated heterocycles. The van der Waals surface area contributed by atoms with E-state index in [4.69, 9.17) is 14.2 Å². The number of esters is 3. The molecule has 0 N–H and O–H groups in total. The van der Waals surface area contributed by atoms with Crippen LogP contribution in [0.2, 0.25) is 0 Å². The summed E-state index contributed by atoms with van der Waals surface area (Å²) in [5.41, 5.74) is 0. The Balaban J connectivity index is 4.45. The third-order valence-electron chi connectivity index (χ3n) is 13.4. The molecular weight excluding hydrogens is 949 g/mol.